The number of carbonyl (C=O) groups excluding carboxylic acids is 1. The fourth-order valence-corrected chi connectivity index (χ4v) is 4.22. The zero-order chi connectivity index (χ0) is 16.5. The zero-order valence-corrected chi connectivity index (χ0v) is 13.7. The van der Waals surface area contributed by atoms with Crippen LogP contribution in [0.3, 0.4) is 0 Å². The van der Waals surface area contributed by atoms with E-state index in [1.54, 1.807) is 18.2 Å². The summed E-state index contributed by atoms with van der Waals surface area (Å²) in [5, 5.41) is 3.82. The number of anilines is 1. The molecule has 0 unspecified atom stereocenters. The molecule has 1 N–H and O–H groups in total. The van der Waals surface area contributed by atoms with E-state index in [2.05, 4.69) is 5.32 Å². The summed E-state index contributed by atoms with van der Waals surface area (Å²) in [5.41, 5.74) is 0.902. The average molecular weight is 326 g/mol. The quantitative estimate of drug-likeness (QED) is 0.849. The maximum atomic E-state index is 12.7. The van der Waals surface area contributed by atoms with Crippen molar-refractivity contribution in [1.82, 2.24) is 4.90 Å². The van der Waals surface area contributed by atoms with Crippen molar-refractivity contribution in [2.75, 3.05) is 11.9 Å². The van der Waals surface area contributed by atoms with E-state index in [1.165, 1.54) is 31.7 Å². The molecule has 5 nitrogen and oxygen atoms in total. The van der Waals surface area contributed by atoms with Gasteiger partial charge in [0.2, 0.25) is 0 Å². The number of rotatable bonds is 2. The van der Waals surface area contributed by atoms with Crippen LogP contribution in [-0.4, -0.2) is 23.5 Å². The van der Waals surface area contributed by atoms with Gasteiger partial charge in [-0.1, -0.05) is 12.8 Å². The number of nitrogens with one attached hydrogen (secondary N) is 1. The number of hydrogen-bond donors (Lipinski definition) is 1. The minimum absolute atomic E-state index is 0.0128. The molecule has 24 heavy (non-hydrogen) atoms. The Balaban J connectivity index is 1.50. The summed E-state index contributed by atoms with van der Waals surface area (Å²) < 4.78 is 5.13. The van der Waals surface area contributed by atoms with Crippen LogP contribution >= 0.6 is 0 Å². The number of benzene rings is 1. The molecule has 2 amide bonds. The lowest BCUT2D eigenvalue weighted by atomic mass is 9.96. The molecule has 0 spiro atoms. The van der Waals surface area contributed by atoms with Gasteiger partial charge in [0.15, 0.2) is 0 Å². The van der Waals surface area contributed by atoms with E-state index in [0.717, 1.165) is 30.5 Å². The van der Waals surface area contributed by atoms with E-state index in [0.29, 0.717) is 17.5 Å². The van der Waals surface area contributed by atoms with Crippen molar-refractivity contribution >= 4 is 22.7 Å². The Labute approximate surface area is 140 Å². The molecule has 2 fully saturated rings. The number of fused-ring (bicyclic) bond motifs is 1. The normalized spacial score (nSPS) is 21.5. The van der Waals surface area contributed by atoms with Crippen LogP contribution in [0.2, 0.25) is 0 Å². The molecule has 0 bridgehead atoms. The summed E-state index contributed by atoms with van der Waals surface area (Å²) in [6.07, 6.45) is 7.32. The Morgan fingerprint density at radius 3 is 2.75 bits per heavy atom. The predicted molar refractivity (Wildman–Crippen MR) is 93.2 cm³/mol. The molecule has 5 heteroatoms. The summed E-state index contributed by atoms with van der Waals surface area (Å²) in [7, 11) is 0. The molecule has 1 aliphatic heterocycles. The van der Waals surface area contributed by atoms with Crippen LogP contribution in [0.4, 0.5) is 10.5 Å². The second-order valence-corrected chi connectivity index (χ2v) is 6.88. The number of likely N-dealkylation sites (tertiary alicyclic amines) is 1. The number of carbonyl (C=O) groups is 1. The largest absolute Gasteiger partial charge is 0.423 e. The first-order valence-corrected chi connectivity index (χ1v) is 8.82. The first kappa shape index (κ1) is 15.2. The van der Waals surface area contributed by atoms with Crippen molar-refractivity contribution in [3.8, 4) is 0 Å². The number of amides is 2. The van der Waals surface area contributed by atoms with Gasteiger partial charge in [0, 0.05) is 29.7 Å². The summed E-state index contributed by atoms with van der Waals surface area (Å²) in [6.45, 7) is 0.843. The third-order valence-corrected chi connectivity index (χ3v) is 5.37. The lowest BCUT2D eigenvalue weighted by Gasteiger charge is -2.29. The standard InChI is InChI=1S/C19H22N2O3/c22-18-10-7-14-12-15(8-9-17(14)24-18)20-19(23)21-11-3-6-16(21)13-4-1-2-5-13/h7-10,12-13,16H,1-6,11H2,(H,20,23)/t16-/m0/s1. The van der Waals surface area contributed by atoms with Crippen LogP contribution in [0.5, 0.6) is 0 Å². The maximum absolute atomic E-state index is 12.7. The third kappa shape index (κ3) is 2.90. The van der Waals surface area contributed by atoms with Crippen molar-refractivity contribution in [1.29, 1.82) is 0 Å². The Morgan fingerprint density at radius 2 is 1.92 bits per heavy atom. The molecule has 1 atom stereocenters. The highest BCUT2D eigenvalue weighted by Crippen LogP contribution is 2.35. The number of hydrogen-bond acceptors (Lipinski definition) is 3. The van der Waals surface area contributed by atoms with Crippen molar-refractivity contribution in [3.05, 3.63) is 40.8 Å². The molecule has 1 saturated carbocycles. The van der Waals surface area contributed by atoms with Gasteiger partial charge >= 0.3 is 11.7 Å². The predicted octanol–water partition coefficient (Wildman–Crippen LogP) is 3.98. The van der Waals surface area contributed by atoms with E-state index in [9.17, 15) is 9.59 Å². The SMILES string of the molecule is O=C(Nc1ccc2oc(=O)ccc2c1)N1CCC[C@H]1C1CCCC1. The van der Waals surface area contributed by atoms with Gasteiger partial charge in [-0.05, 0) is 55.9 Å². The van der Waals surface area contributed by atoms with Gasteiger partial charge in [0.25, 0.3) is 0 Å². The Hall–Kier alpha value is -2.30. The van der Waals surface area contributed by atoms with Gasteiger partial charge in [-0.15, -0.1) is 0 Å². The maximum Gasteiger partial charge on any atom is 0.336 e. The fraction of sp³-hybridized carbons (Fsp3) is 0.474. The molecule has 4 rings (SSSR count). The molecule has 1 aliphatic carbocycles. The lowest BCUT2D eigenvalue weighted by molar-refractivity contribution is 0.185. The molecule has 126 valence electrons. The Kier molecular flexibility index (Phi) is 4.00. The monoisotopic (exact) mass is 326 g/mol. The van der Waals surface area contributed by atoms with Crippen LogP contribution in [-0.2, 0) is 0 Å². The molecule has 2 aliphatic rings. The van der Waals surface area contributed by atoms with E-state index in [4.69, 9.17) is 4.42 Å². The van der Waals surface area contributed by atoms with Crippen molar-refractivity contribution < 1.29 is 9.21 Å². The minimum atomic E-state index is -0.365. The van der Waals surface area contributed by atoms with Crippen LogP contribution in [0.1, 0.15) is 38.5 Å². The van der Waals surface area contributed by atoms with E-state index < -0.39 is 0 Å². The highest BCUT2D eigenvalue weighted by molar-refractivity contribution is 5.92. The van der Waals surface area contributed by atoms with Gasteiger partial charge in [-0.2, -0.15) is 0 Å². The first-order valence-electron chi connectivity index (χ1n) is 8.82. The van der Waals surface area contributed by atoms with E-state index >= 15 is 0 Å². The highest BCUT2D eigenvalue weighted by atomic mass is 16.4. The average Bonchev–Trinajstić information content (AvgIpc) is 3.25. The molecule has 1 aromatic carbocycles. The van der Waals surface area contributed by atoms with Gasteiger partial charge < -0.3 is 14.6 Å². The fourth-order valence-electron chi connectivity index (χ4n) is 4.22. The molecule has 0 radical (unpaired) electrons. The Morgan fingerprint density at radius 1 is 1.08 bits per heavy atom. The van der Waals surface area contributed by atoms with Gasteiger partial charge in [-0.25, -0.2) is 9.59 Å². The van der Waals surface area contributed by atoms with E-state index in [1.807, 2.05) is 11.0 Å². The van der Waals surface area contributed by atoms with Crippen molar-refractivity contribution in [3.63, 3.8) is 0 Å². The van der Waals surface area contributed by atoms with Gasteiger partial charge in [0.1, 0.15) is 5.58 Å². The minimum Gasteiger partial charge on any atom is -0.423 e. The number of urea groups is 1. The summed E-state index contributed by atoms with van der Waals surface area (Å²) in [5.74, 6) is 0.670. The van der Waals surface area contributed by atoms with Crippen LogP contribution in [0, 0.1) is 5.92 Å². The Bertz CT molecular complexity index is 808. The molecular formula is C19H22N2O3. The second-order valence-electron chi connectivity index (χ2n) is 6.88. The summed E-state index contributed by atoms with van der Waals surface area (Å²) in [4.78, 5) is 26.0. The summed E-state index contributed by atoms with van der Waals surface area (Å²) >= 11 is 0. The zero-order valence-electron chi connectivity index (χ0n) is 13.7. The molecule has 2 aromatic rings. The summed E-state index contributed by atoms with van der Waals surface area (Å²) in [6, 6.07) is 8.84. The highest BCUT2D eigenvalue weighted by Gasteiger charge is 2.35. The molecular weight excluding hydrogens is 304 g/mol. The number of nitrogens with zero attached hydrogens (tertiary/aromatic N) is 1. The third-order valence-electron chi connectivity index (χ3n) is 5.37. The van der Waals surface area contributed by atoms with Crippen LogP contribution < -0.4 is 10.9 Å². The first-order chi connectivity index (χ1) is 11.7. The van der Waals surface area contributed by atoms with Gasteiger partial charge in [0.05, 0.1) is 0 Å². The second kappa shape index (κ2) is 6.30. The lowest BCUT2D eigenvalue weighted by Crippen LogP contribution is -2.41. The topological polar surface area (TPSA) is 62.6 Å². The van der Waals surface area contributed by atoms with E-state index in [-0.39, 0.29) is 11.7 Å². The molecule has 1 aromatic heterocycles. The molecule has 1 saturated heterocycles. The van der Waals surface area contributed by atoms with Crippen molar-refractivity contribution in [2.24, 2.45) is 5.92 Å². The smallest absolute Gasteiger partial charge is 0.336 e. The molecule has 2 heterocycles. The van der Waals surface area contributed by atoms with Crippen molar-refractivity contribution in [2.45, 2.75) is 44.6 Å². The van der Waals surface area contributed by atoms with Crippen LogP contribution in [0.25, 0.3) is 11.0 Å². The van der Waals surface area contributed by atoms with Crippen LogP contribution in [0.15, 0.2) is 39.5 Å². The van der Waals surface area contributed by atoms with Gasteiger partial charge in [-0.3, -0.25) is 0 Å².